The summed E-state index contributed by atoms with van der Waals surface area (Å²) < 4.78 is 5.10. The molecular weight excluding hydrogens is 329 g/mol. The Bertz CT molecular complexity index is 320. The van der Waals surface area contributed by atoms with Gasteiger partial charge in [-0.2, -0.15) is 0 Å². The highest BCUT2D eigenvalue weighted by Crippen LogP contribution is 2.50. The van der Waals surface area contributed by atoms with Crippen LogP contribution in [-0.4, -0.2) is 37.6 Å². The van der Waals surface area contributed by atoms with Gasteiger partial charge in [-0.05, 0) is 36.4 Å². The van der Waals surface area contributed by atoms with Crippen LogP contribution in [0.2, 0.25) is 0 Å². The number of amides is 1. The van der Waals surface area contributed by atoms with E-state index in [0.29, 0.717) is 11.0 Å². The van der Waals surface area contributed by atoms with E-state index >= 15 is 0 Å². The van der Waals surface area contributed by atoms with Crippen molar-refractivity contribution in [3.05, 3.63) is 0 Å². The average Bonchev–Trinajstić information content (AvgIpc) is 2.33. The molecule has 6 heteroatoms. The molecule has 2 atom stereocenters. The van der Waals surface area contributed by atoms with Crippen LogP contribution < -0.4 is 0 Å². The average molecular weight is 341 g/mol. The van der Waals surface area contributed by atoms with Gasteiger partial charge in [0.05, 0.1) is 11.8 Å². The number of esters is 1. The van der Waals surface area contributed by atoms with Crippen molar-refractivity contribution in [2.75, 3.05) is 4.61 Å². The molecule has 0 bridgehead atoms. The molecule has 1 amide bonds. The van der Waals surface area contributed by atoms with Gasteiger partial charge in [-0.3, -0.25) is 4.79 Å². The summed E-state index contributed by atoms with van der Waals surface area (Å²) in [6, 6.07) is -0.413. The van der Waals surface area contributed by atoms with Crippen molar-refractivity contribution < 1.29 is 14.3 Å². The van der Waals surface area contributed by atoms with Crippen LogP contribution in [0.25, 0.3) is 0 Å². The van der Waals surface area contributed by atoms with E-state index in [1.807, 2.05) is 36.4 Å². The maximum absolute atomic E-state index is 11.8. The van der Waals surface area contributed by atoms with Gasteiger partial charge < -0.3 is 9.64 Å². The van der Waals surface area contributed by atoms with Gasteiger partial charge in [-0.1, -0.05) is 0 Å². The molecule has 0 saturated carbocycles. The van der Waals surface area contributed by atoms with Crippen molar-refractivity contribution in [1.29, 1.82) is 0 Å². The summed E-state index contributed by atoms with van der Waals surface area (Å²) in [5.74, 6) is -0.217. The summed E-state index contributed by atoms with van der Waals surface area (Å²) >= 11 is 3.67. The zero-order chi connectivity index (χ0) is 11.2. The first-order chi connectivity index (χ1) is 6.97. The molecule has 2 aliphatic rings. The smallest absolute Gasteiger partial charge is 0.331 e. The van der Waals surface area contributed by atoms with Gasteiger partial charge in [0.2, 0.25) is 5.91 Å². The Morgan fingerprint density at radius 3 is 2.93 bits per heavy atom. The number of ether oxygens (including phenoxy) is 1. The van der Waals surface area contributed by atoms with E-state index in [1.54, 1.807) is 16.7 Å². The molecule has 0 aromatic rings. The summed E-state index contributed by atoms with van der Waals surface area (Å²) in [5, 5.41) is 0.180. The molecule has 0 aliphatic carbocycles. The monoisotopic (exact) mass is 341 g/mol. The number of carbonyl (C=O) groups excluding carboxylic acids is 2. The molecule has 2 fully saturated rings. The predicted molar refractivity (Wildman–Crippen MR) is 65.7 cm³/mol. The third-order valence-electron chi connectivity index (χ3n) is 2.74. The number of alkyl halides is 1. The minimum Gasteiger partial charge on any atom is -0.453 e. The number of β-lactam (4-membered cyclic amide) rings is 1. The van der Waals surface area contributed by atoms with E-state index < -0.39 is 6.04 Å². The largest absolute Gasteiger partial charge is 0.453 e. The van der Waals surface area contributed by atoms with E-state index in [0.717, 1.165) is 0 Å². The third kappa shape index (κ3) is 1.75. The number of fused-ring (bicyclic) bond motifs is 1. The lowest BCUT2D eigenvalue weighted by Crippen LogP contribution is -2.57. The Balaban J connectivity index is 2.19. The zero-order valence-electron chi connectivity index (χ0n) is 8.53. The van der Waals surface area contributed by atoms with Gasteiger partial charge >= 0.3 is 5.97 Å². The van der Waals surface area contributed by atoms with Crippen molar-refractivity contribution in [3.8, 4) is 0 Å². The van der Waals surface area contributed by atoms with E-state index in [-0.39, 0.29) is 22.0 Å². The quantitative estimate of drug-likeness (QED) is 0.330. The van der Waals surface area contributed by atoms with Crippen LogP contribution in [0.3, 0.4) is 0 Å². The maximum atomic E-state index is 11.8. The molecule has 2 heterocycles. The second-order valence-corrected chi connectivity index (χ2v) is 6.61. The molecule has 2 rings (SSSR count). The van der Waals surface area contributed by atoms with Crippen LogP contribution in [-0.2, 0) is 14.3 Å². The first-order valence-corrected chi connectivity index (χ1v) is 7.09. The second kappa shape index (κ2) is 3.80. The van der Waals surface area contributed by atoms with Crippen molar-refractivity contribution in [3.63, 3.8) is 0 Å². The molecular formula is C9H12INO3S. The highest BCUT2D eigenvalue weighted by atomic mass is 127. The van der Waals surface area contributed by atoms with Gasteiger partial charge in [0.25, 0.3) is 0 Å². The lowest BCUT2D eigenvalue weighted by molar-refractivity contribution is -0.159. The van der Waals surface area contributed by atoms with Crippen LogP contribution >= 0.6 is 34.4 Å². The summed E-state index contributed by atoms with van der Waals surface area (Å²) in [6.45, 7) is 3.98. The van der Waals surface area contributed by atoms with Gasteiger partial charge in [-0.25, -0.2) is 4.79 Å². The number of hydrogen-bond donors (Lipinski definition) is 0. The molecule has 2 saturated heterocycles. The summed E-state index contributed by atoms with van der Waals surface area (Å²) in [5.41, 5.74) is 0. The Hall–Kier alpha value is 0.0200. The van der Waals surface area contributed by atoms with E-state index in [1.165, 1.54) is 0 Å². The lowest BCUT2D eigenvalue weighted by Gasteiger charge is -2.37. The topological polar surface area (TPSA) is 46.6 Å². The SMILES string of the molecule is CC1(C)S[C@@H]2CC(=O)N2[C@H]1C(=O)OCI. The second-order valence-electron chi connectivity index (χ2n) is 4.16. The minimum atomic E-state index is -0.413. The predicted octanol–water partition coefficient (Wildman–Crippen LogP) is 1.37. The molecule has 0 radical (unpaired) electrons. The molecule has 84 valence electrons. The molecule has 0 N–H and O–H groups in total. The van der Waals surface area contributed by atoms with Crippen LogP contribution in [0, 0.1) is 0 Å². The number of carbonyl (C=O) groups is 2. The molecule has 0 spiro atoms. The molecule has 15 heavy (non-hydrogen) atoms. The van der Waals surface area contributed by atoms with Gasteiger partial charge in [0.1, 0.15) is 10.7 Å². The zero-order valence-corrected chi connectivity index (χ0v) is 11.5. The fourth-order valence-electron chi connectivity index (χ4n) is 2.09. The fourth-order valence-corrected chi connectivity index (χ4v) is 4.02. The summed E-state index contributed by atoms with van der Waals surface area (Å²) in [6.07, 6.45) is 0.558. The normalized spacial score (nSPS) is 32.2. The van der Waals surface area contributed by atoms with Gasteiger partial charge in [0, 0.05) is 4.75 Å². The first-order valence-electron chi connectivity index (χ1n) is 4.69. The van der Waals surface area contributed by atoms with Gasteiger partial charge in [0.15, 0.2) is 0 Å². The number of halogens is 1. The standard InChI is InChI=1S/C9H12INO3S/c1-9(2)7(8(13)14-4-10)11-5(12)3-6(11)15-9/h6-7H,3-4H2,1-2H3/t6-,7+/m1/s1. The van der Waals surface area contributed by atoms with Crippen LogP contribution in [0.4, 0.5) is 0 Å². The minimum absolute atomic E-state index is 0.0634. The van der Waals surface area contributed by atoms with Crippen LogP contribution in [0.15, 0.2) is 0 Å². The first kappa shape index (κ1) is 11.5. The van der Waals surface area contributed by atoms with Crippen LogP contribution in [0.1, 0.15) is 20.3 Å². The Morgan fingerprint density at radius 1 is 1.73 bits per heavy atom. The number of thioether (sulfide) groups is 1. The van der Waals surface area contributed by atoms with Crippen LogP contribution in [0.5, 0.6) is 0 Å². The maximum Gasteiger partial charge on any atom is 0.331 e. The summed E-state index contributed by atoms with van der Waals surface area (Å²) in [7, 11) is 0. The third-order valence-corrected chi connectivity index (χ3v) is 4.55. The highest BCUT2D eigenvalue weighted by Gasteiger charge is 2.58. The fraction of sp³-hybridized carbons (Fsp3) is 0.778. The Morgan fingerprint density at radius 2 is 2.40 bits per heavy atom. The van der Waals surface area contributed by atoms with Gasteiger partial charge in [-0.15, -0.1) is 11.8 Å². The molecule has 0 unspecified atom stereocenters. The molecule has 4 nitrogen and oxygen atoms in total. The Kier molecular flexibility index (Phi) is 2.91. The number of nitrogens with zero attached hydrogens (tertiary/aromatic N) is 1. The van der Waals surface area contributed by atoms with E-state index in [4.69, 9.17) is 4.74 Å². The number of hydrogen-bond acceptors (Lipinski definition) is 4. The van der Waals surface area contributed by atoms with Crippen molar-refractivity contribution in [2.24, 2.45) is 0 Å². The van der Waals surface area contributed by atoms with Crippen molar-refractivity contribution >= 4 is 46.2 Å². The number of rotatable bonds is 2. The molecule has 2 aliphatic heterocycles. The summed E-state index contributed by atoms with van der Waals surface area (Å²) in [4.78, 5) is 24.8. The molecule has 0 aromatic carbocycles. The lowest BCUT2D eigenvalue weighted by atomic mass is 9.98. The van der Waals surface area contributed by atoms with E-state index in [2.05, 4.69) is 0 Å². The highest BCUT2D eigenvalue weighted by molar-refractivity contribution is 14.1. The molecule has 0 aromatic heterocycles. The Labute approximate surface area is 106 Å². The van der Waals surface area contributed by atoms with Crippen molar-refractivity contribution in [2.45, 2.75) is 36.4 Å². The van der Waals surface area contributed by atoms with E-state index in [9.17, 15) is 9.59 Å². The van der Waals surface area contributed by atoms with Crippen molar-refractivity contribution in [1.82, 2.24) is 4.90 Å².